The van der Waals surface area contributed by atoms with E-state index in [9.17, 15) is 18.4 Å². The van der Waals surface area contributed by atoms with Crippen LogP contribution in [-0.2, 0) is 10.0 Å². The van der Waals surface area contributed by atoms with Gasteiger partial charge in [-0.3, -0.25) is 0 Å². The van der Waals surface area contributed by atoms with Crippen LogP contribution in [-0.4, -0.2) is 14.5 Å². The number of halogens is 3. The largest absolute Gasteiger partial charge is 0.619 e. The molecule has 0 amide bonds. The molecule has 0 aliphatic rings. The molecule has 0 aliphatic heterocycles. The van der Waals surface area contributed by atoms with Gasteiger partial charge in [-0.25, -0.2) is 0 Å². The molecule has 1 heterocycles. The molecule has 3 nitrogen and oxygen atoms in total. The highest BCUT2D eigenvalue weighted by Crippen LogP contribution is 2.43. The van der Waals surface area contributed by atoms with Crippen molar-refractivity contribution in [2.45, 2.75) is 38.3 Å². The fraction of sp³-hybridized carbons (Fsp3) is 0.545. The van der Waals surface area contributed by atoms with Crippen molar-refractivity contribution < 1.29 is 22.3 Å². The van der Waals surface area contributed by atoms with Gasteiger partial charge in [0.2, 0.25) is 0 Å². The van der Waals surface area contributed by atoms with Crippen LogP contribution in [0, 0.1) is 5.21 Å². The second-order valence-corrected chi connectivity index (χ2v) is 9.62. The highest BCUT2D eigenvalue weighted by Gasteiger charge is 2.55. The Labute approximate surface area is 105 Å². The third-order valence-corrected chi connectivity index (χ3v) is 3.42. The van der Waals surface area contributed by atoms with Crippen molar-refractivity contribution >= 4 is 8.32 Å². The molecule has 0 saturated carbocycles. The Kier molecular flexibility index (Phi) is 3.78. The van der Waals surface area contributed by atoms with Gasteiger partial charge in [-0.05, 0) is 26.6 Å². The fourth-order valence-electron chi connectivity index (χ4n) is 1.62. The lowest BCUT2D eigenvalue weighted by Crippen LogP contribution is -2.49. The number of aromatic nitrogens is 1. The van der Waals surface area contributed by atoms with Crippen LogP contribution >= 0.6 is 0 Å². The summed E-state index contributed by atoms with van der Waals surface area (Å²) in [7, 11) is -2.40. The first-order valence-electron chi connectivity index (χ1n) is 5.42. The number of nitrogens with zero attached hydrogens (tertiary/aromatic N) is 1. The molecule has 1 unspecified atom stereocenters. The first-order chi connectivity index (χ1) is 7.96. The second-order valence-electron chi connectivity index (χ2n) is 5.19. The molecule has 0 aromatic carbocycles. The topological polar surface area (TPSA) is 36.2 Å². The summed E-state index contributed by atoms with van der Waals surface area (Å²) in [5.74, 6) is 0. The van der Waals surface area contributed by atoms with E-state index < -0.39 is 20.1 Å². The van der Waals surface area contributed by atoms with Crippen LogP contribution in [0.25, 0.3) is 0 Å². The molecule has 1 rings (SSSR count). The molecule has 1 atom stereocenters. The zero-order valence-electron chi connectivity index (χ0n) is 10.7. The van der Waals surface area contributed by atoms with Gasteiger partial charge >= 0.3 is 6.18 Å². The van der Waals surface area contributed by atoms with Gasteiger partial charge in [0.15, 0.2) is 26.3 Å². The van der Waals surface area contributed by atoms with Crippen LogP contribution in [0.1, 0.15) is 12.5 Å². The van der Waals surface area contributed by atoms with Gasteiger partial charge < -0.3 is 9.63 Å². The summed E-state index contributed by atoms with van der Waals surface area (Å²) >= 11 is 0. The van der Waals surface area contributed by atoms with Crippen molar-refractivity contribution in [3.8, 4) is 0 Å². The maximum absolute atomic E-state index is 13.2. The average molecular weight is 279 g/mol. The maximum Gasteiger partial charge on any atom is 0.420 e. The van der Waals surface area contributed by atoms with E-state index in [0.29, 0.717) is 4.73 Å². The minimum absolute atomic E-state index is 0.0653. The third kappa shape index (κ3) is 3.23. The standard InChI is InChI=1S/C11H16F3NO2Si/c1-10(11(12,13)14,17-18(2,3)4)9-5-7-15(16)8-6-9/h5-8H,1-4H3. The quantitative estimate of drug-likeness (QED) is 0.484. The van der Waals surface area contributed by atoms with Gasteiger partial charge in [0.25, 0.3) is 0 Å². The number of hydrogen-bond donors (Lipinski definition) is 0. The minimum Gasteiger partial charge on any atom is -0.619 e. The van der Waals surface area contributed by atoms with Gasteiger partial charge in [0.1, 0.15) is 0 Å². The maximum atomic E-state index is 13.2. The molecule has 18 heavy (non-hydrogen) atoms. The first kappa shape index (κ1) is 15.0. The van der Waals surface area contributed by atoms with Crippen LogP contribution in [0.3, 0.4) is 0 Å². The molecular weight excluding hydrogens is 263 g/mol. The van der Waals surface area contributed by atoms with Gasteiger partial charge in [0, 0.05) is 17.7 Å². The van der Waals surface area contributed by atoms with E-state index in [4.69, 9.17) is 4.43 Å². The second kappa shape index (κ2) is 4.54. The van der Waals surface area contributed by atoms with Crippen LogP contribution in [0.15, 0.2) is 24.5 Å². The summed E-state index contributed by atoms with van der Waals surface area (Å²) in [6, 6.07) is 2.28. The highest BCUT2D eigenvalue weighted by molar-refractivity contribution is 6.69. The summed E-state index contributed by atoms with van der Waals surface area (Å²) in [5, 5.41) is 10.9. The van der Waals surface area contributed by atoms with Crippen LogP contribution in [0.5, 0.6) is 0 Å². The summed E-state index contributed by atoms with van der Waals surface area (Å²) in [4.78, 5) is 0. The molecule has 0 saturated heterocycles. The summed E-state index contributed by atoms with van der Waals surface area (Å²) in [5.41, 5.74) is -2.45. The fourth-order valence-corrected chi connectivity index (χ4v) is 3.08. The van der Waals surface area contributed by atoms with Gasteiger partial charge in [-0.2, -0.15) is 17.9 Å². The lowest BCUT2D eigenvalue weighted by atomic mass is 9.97. The van der Waals surface area contributed by atoms with Gasteiger partial charge in [-0.15, -0.1) is 0 Å². The molecule has 0 N–H and O–H groups in total. The van der Waals surface area contributed by atoms with Crippen molar-refractivity contribution in [3.05, 3.63) is 35.3 Å². The van der Waals surface area contributed by atoms with E-state index in [1.807, 2.05) is 0 Å². The van der Waals surface area contributed by atoms with Crippen molar-refractivity contribution in [2.75, 3.05) is 0 Å². The van der Waals surface area contributed by atoms with E-state index in [1.54, 1.807) is 19.6 Å². The highest BCUT2D eigenvalue weighted by atomic mass is 28.4. The van der Waals surface area contributed by atoms with E-state index in [2.05, 4.69) is 0 Å². The Morgan fingerprint density at radius 1 is 1.17 bits per heavy atom. The monoisotopic (exact) mass is 279 g/mol. The SMILES string of the molecule is CC(O[Si](C)(C)C)(c1cc[n+]([O-])cc1)C(F)(F)F. The molecule has 1 aromatic heterocycles. The Balaban J connectivity index is 3.25. The Morgan fingerprint density at radius 2 is 1.61 bits per heavy atom. The van der Waals surface area contributed by atoms with Crippen molar-refractivity contribution in [3.63, 3.8) is 0 Å². The van der Waals surface area contributed by atoms with Crippen molar-refractivity contribution in [1.29, 1.82) is 0 Å². The van der Waals surface area contributed by atoms with Crippen molar-refractivity contribution in [2.24, 2.45) is 0 Å². The van der Waals surface area contributed by atoms with Gasteiger partial charge in [0.05, 0.1) is 0 Å². The zero-order valence-corrected chi connectivity index (χ0v) is 11.7. The predicted molar refractivity (Wildman–Crippen MR) is 63.2 cm³/mol. The minimum atomic E-state index is -4.54. The molecule has 0 aliphatic carbocycles. The Hall–Kier alpha value is -1.08. The summed E-state index contributed by atoms with van der Waals surface area (Å²) < 4.78 is 45.5. The molecule has 1 aromatic rings. The first-order valence-corrected chi connectivity index (χ1v) is 8.83. The lowest BCUT2D eigenvalue weighted by Gasteiger charge is -2.37. The summed E-state index contributed by atoms with van der Waals surface area (Å²) in [6.45, 7) is 6.06. The van der Waals surface area contributed by atoms with Crippen molar-refractivity contribution in [1.82, 2.24) is 0 Å². The van der Waals surface area contributed by atoms with Crippen LogP contribution in [0.4, 0.5) is 13.2 Å². The molecular formula is C11H16F3NO2Si. The van der Waals surface area contributed by atoms with Crippen LogP contribution < -0.4 is 4.73 Å². The molecule has 0 spiro atoms. The average Bonchev–Trinajstić information content (AvgIpc) is 2.13. The zero-order chi connectivity index (χ0) is 14.2. The molecule has 7 heteroatoms. The molecule has 0 bridgehead atoms. The number of alkyl halides is 3. The lowest BCUT2D eigenvalue weighted by molar-refractivity contribution is -0.605. The number of rotatable bonds is 3. The molecule has 0 fully saturated rings. The third-order valence-electron chi connectivity index (χ3n) is 2.40. The van der Waals surface area contributed by atoms with E-state index in [1.165, 1.54) is 0 Å². The molecule has 102 valence electrons. The van der Waals surface area contributed by atoms with E-state index >= 15 is 0 Å². The number of hydrogen-bond acceptors (Lipinski definition) is 2. The van der Waals surface area contributed by atoms with E-state index in [0.717, 1.165) is 31.5 Å². The van der Waals surface area contributed by atoms with E-state index in [-0.39, 0.29) is 5.56 Å². The molecule has 0 radical (unpaired) electrons. The predicted octanol–water partition coefficient (Wildman–Crippen LogP) is 2.95. The normalized spacial score (nSPS) is 16.4. The Morgan fingerprint density at radius 3 is 1.94 bits per heavy atom. The Bertz CT molecular complexity index is 414. The number of pyridine rings is 1. The summed E-state index contributed by atoms with van der Waals surface area (Å²) in [6.07, 6.45) is -2.47. The van der Waals surface area contributed by atoms with Gasteiger partial charge in [-0.1, -0.05) is 0 Å². The smallest absolute Gasteiger partial charge is 0.420 e. The van der Waals surface area contributed by atoms with Crippen LogP contribution in [0.2, 0.25) is 19.6 Å².